The standard InChI is InChI=1S/C18H20N2O2/c1-10-5-11(2)7-14(6-10)19-9-20-17(21)15-12-3-4-13(8-12)16(15)18(20)22/h3-7,12-13,15-16,19H,8-9H2,1-2H3/t12-,13+,15-,16+. The van der Waals surface area contributed by atoms with Crippen LogP contribution in [0.4, 0.5) is 5.69 Å². The Morgan fingerprint density at radius 3 is 2.09 bits per heavy atom. The van der Waals surface area contributed by atoms with E-state index in [1.165, 1.54) is 16.0 Å². The number of carbonyl (C=O) groups is 2. The largest absolute Gasteiger partial charge is 0.367 e. The van der Waals surface area contributed by atoms with Crippen LogP contribution in [-0.2, 0) is 9.59 Å². The van der Waals surface area contributed by atoms with Gasteiger partial charge in [0.25, 0.3) is 0 Å². The SMILES string of the molecule is Cc1cc(C)cc(NCN2C(=O)[C@@H]3[C@H](C2=O)[C@@H]2C=C[C@H]3C2)c1. The second kappa shape index (κ2) is 4.70. The molecule has 4 heteroatoms. The van der Waals surface area contributed by atoms with E-state index < -0.39 is 0 Å². The van der Waals surface area contributed by atoms with Gasteiger partial charge < -0.3 is 5.32 Å². The van der Waals surface area contributed by atoms with Crippen molar-refractivity contribution < 1.29 is 9.59 Å². The minimum absolute atomic E-state index is 0.00345. The summed E-state index contributed by atoms with van der Waals surface area (Å²) in [4.78, 5) is 26.6. The predicted molar refractivity (Wildman–Crippen MR) is 84.0 cm³/mol. The van der Waals surface area contributed by atoms with Crippen molar-refractivity contribution in [3.63, 3.8) is 0 Å². The molecule has 1 saturated heterocycles. The summed E-state index contributed by atoms with van der Waals surface area (Å²) in [6, 6.07) is 6.17. The summed E-state index contributed by atoms with van der Waals surface area (Å²) in [6.45, 7) is 4.35. The molecule has 2 fully saturated rings. The van der Waals surface area contributed by atoms with E-state index in [1.807, 2.05) is 26.0 Å². The van der Waals surface area contributed by atoms with Crippen molar-refractivity contribution in [1.29, 1.82) is 0 Å². The molecule has 1 aromatic carbocycles. The molecule has 4 atom stereocenters. The normalized spacial score (nSPS) is 32.0. The molecule has 0 aromatic heterocycles. The second-order valence-electron chi connectivity index (χ2n) is 6.82. The zero-order valence-electron chi connectivity index (χ0n) is 12.9. The molecule has 1 heterocycles. The van der Waals surface area contributed by atoms with Crippen molar-refractivity contribution >= 4 is 17.5 Å². The Hall–Kier alpha value is -2.10. The third-order valence-corrected chi connectivity index (χ3v) is 5.22. The number of likely N-dealkylation sites (tertiary alicyclic amines) is 1. The lowest BCUT2D eigenvalue weighted by molar-refractivity contribution is -0.140. The fourth-order valence-electron chi connectivity index (χ4n) is 4.37. The first kappa shape index (κ1) is 13.6. The van der Waals surface area contributed by atoms with Crippen LogP contribution >= 0.6 is 0 Å². The molecule has 1 aliphatic heterocycles. The monoisotopic (exact) mass is 296 g/mol. The van der Waals surface area contributed by atoms with Crippen LogP contribution in [0.1, 0.15) is 17.5 Å². The summed E-state index contributed by atoms with van der Waals surface area (Å²) < 4.78 is 0. The van der Waals surface area contributed by atoms with E-state index in [-0.39, 0.29) is 42.2 Å². The summed E-state index contributed by atoms with van der Waals surface area (Å²) in [5.74, 6) is 0.342. The molecule has 0 unspecified atom stereocenters. The molecule has 2 aliphatic carbocycles. The maximum absolute atomic E-state index is 12.6. The number of amides is 2. The van der Waals surface area contributed by atoms with Gasteiger partial charge in [0.1, 0.15) is 0 Å². The first-order chi connectivity index (χ1) is 10.5. The van der Waals surface area contributed by atoms with Gasteiger partial charge in [0.15, 0.2) is 0 Å². The van der Waals surface area contributed by atoms with Crippen LogP contribution in [0.15, 0.2) is 30.4 Å². The Morgan fingerprint density at radius 1 is 1.00 bits per heavy atom. The number of nitrogens with zero attached hydrogens (tertiary/aromatic N) is 1. The van der Waals surface area contributed by atoms with Gasteiger partial charge in [0.05, 0.1) is 18.5 Å². The summed E-state index contributed by atoms with van der Waals surface area (Å²) in [6.07, 6.45) is 5.22. The molecule has 1 saturated carbocycles. The number of hydrogen-bond donors (Lipinski definition) is 1. The van der Waals surface area contributed by atoms with Crippen LogP contribution in [0.25, 0.3) is 0 Å². The molecule has 114 valence electrons. The molecule has 22 heavy (non-hydrogen) atoms. The minimum atomic E-state index is -0.108. The van der Waals surface area contributed by atoms with Gasteiger partial charge in [0.2, 0.25) is 11.8 Å². The number of aryl methyl sites for hydroxylation is 2. The minimum Gasteiger partial charge on any atom is -0.367 e. The average Bonchev–Trinajstić information content (AvgIpc) is 3.11. The smallest absolute Gasteiger partial charge is 0.235 e. The first-order valence-corrected chi connectivity index (χ1v) is 7.90. The van der Waals surface area contributed by atoms with Crippen LogP contribution in [-0.4, -0.2) is 23.4 Å². The van der Waals surface area contributed by atoms with Gasteiger partial charge in [-0.25, -0.2) is 0 Å². The van der Waals surface area contributed by atoms with Gasteiger partial charge >= 0.3 is 0 Å². The summed E-state index contributed by atoms with van der Waals surface area (Å²) in [5.41, 5.74) is 3.29. The van der Waals surface area contributed by atoms with Crippen molar-refractivity contribution in [3.05, 3.63) is 41.5 Å². The van der Waals surface area contributed by atoms with Crippen LogP contribution in [0.3, 0.4) is 0 Å². The first-order valence-electron chi connectivity index (χ1n) is 7.90. The fraction of sp³-hybridized carbons (Fsp3) is 0.444. The van der Waals surface area contributed by atoms with Gasteiger partial charge in [-0.1, -0.05) is 18.2 Å². The van der Waals surface area contributed by atoms with Gasteiger partial charge in [-0.3, -0.25) is 14.5 Å². The number of allylic oxidation sites excluding steroid dienone is 2. The van der Waals surface area contributed by atoms with Gasteiger partial charge in [-0.05, 0) is 55.4 Å². The summed E-state index contributed by atoms with van der Waals surface area (Å²) in [5, 5.41) is 3.23. The molecule has 1 N–H and O–H groups in total. The summed E-state index contributed by atoms with van der Waals surface area (Å²) in [7, 11) is 0. The molecule has 2 bridgehead atoms. The van der Waals surface area contributed by atoms with E-state index in [0.717, 1.165) is 12.1 Å². The number of anilines is 1. The average molecular weight is 296 g/mol. The van der Waals surface area contributed by atoms with Crippen LogP contribution in [0.2, 0.25) is 0 Å². The Labute approximate surface area is 130 Å². The van der Waals surface area contributed by atoms with Gasteiger partial charge in [-0.2, -0.15) is 0 Å². The van der Waals surface area contributed by atoms with Crippen LogP contribution < -0.4 is 5.32 Å². The van der Waals surface area contributed by atoms with Crippen LogP contribution in [0.5, 0.6) is 0 Å². The van der Waals surface area contributed by atoms with Crippen molar-refractivity contribution in [2.24, 2.45) is 23.7 Å². The number of fused-ring (bicyclic) bond motifs is 5. The highest BCUT2D eigenvalue weighted by Gasteiger charge is 2.59. The zero-order chi connectivity index (χ0) is 15.4. The number of benzene rings is 1. The highest BCUT2D eigenvalue weighted by molar-refractivity contribution is 6.06. The third kappa shape index (κ3) is 1.90. The zero-order valence-corrected chi connectivity index (χ0v) is 12.9. The lowest BCUT2D eigenvalue weighted by Crippen LogP contribution is -2.37. The quantitative estimate of drug-likeness (QED) is 0.688. The van der Waals surface area contributed by atoms with Crippen molar-refractivity contribution in [2.45, 2.75) is 20.3 Å². The fourth-order valence-corrected chi connectivity index (χ4v) is 4.37. The Bertz CT molecular complexity index is 644. The van der Waals surface area contributed by atoms with Crippen LogP contribution in [0, 0.1) is 37.5 Å². The van der Waals surface area contributed by atoms with E-state index in [9.17, 15) is 9.59 Å². The maximum Gasteiger partial charge on any atom is 0.235 e. The maximum atomic E-state index is 12.6. The molecule has 1 aromatic rings. The number of hydrogen-bond acceptors (Lipinski definition) is 3. The van der Waals surface area contributed by atoms with Gasteiger partial charge in [0, 0.05) is 5.69 Å². The Kier molecular flexibility index (Phi) is 2.90. The lowest BCUT2D eigenvalue weighted by Gasteiger charge is -2.19. The predicted octanol–water partition coefficient (Wildman–Crippen LogP) is 2.48. The molecule has 4 rings (SSSR count). The van der Waals surface area contributed by atoms with E-state index in [1.54, 1.807) is 0 Å². The second-order valence-corrected chi connectivity index (χ2v) is 6.82. The molecular formula is C18H20N2O2. The number of imide groups is 1. The Balaban J connectivity index is 1.50. The van der Waals surface area contributed by atoms with E-state index in [0.29, 0.717) is 0 Å². The molecule has 3 aliphatic rings. The van der Waals surface area contributed by atoms with Crippen molar-refractivity contribution in [1.82, 2.24) is 4.90 Å². The Morgan fingerprint density at radius 2 is 1.55 bits per heavy atom. The third-order valence-electron chi connectivity index (χ3n) is 5.22. The molecular weight excluding hydrogens is 276 g/mol. The van der Waals surface area contributed by atoms with E-state index in [2.05, 4.69) is 23.5 Å². The molecule has 4 nitrogen and oxygen atoms in total. The highest BCUT2D eigenvalue weighted by Crippen LogP contribution is 2.52. The molecule has 0 radical (unpaired) electrons. The number of carbonyl (C=O) groups excluding carboxylic acids is 2. The lowest BCUT2D eigenvalue weighted by atomic mass is 9.85. The number of rotatable bonds is 3. The topological polar surface area (TPSA) is 49.4 Å². The number of nitrogens with one attached hydrogen (secondary N) is 1. The molecule has 0 spiro atoms. The highest BCUT2D eigenvalue weighted by atomic mass is 16.2. The van der Waals surface area contributed by atoms with Crippen molar-refractivity contribution in [3.8, 4) is 0 Å². The van der Waals surface area contributed by atoms with E-state index >= 15 is 0 Å². The van der Waals surface area contributed by atoms with Crippen molar-refractivity contribution in [2.75, 3.05) is 12.0 Å². The summed E-state index contributed by atoms with van der Waals surface area (Å²) >= 11 is 0. The van der Waals surface area contributed by atoms with Gasteiger partial charge in [-0.15, -0.1) is 0 Å². The molecule has 2 amide bonds. The van der Waals surface area contributed by atoms with E-state index in [4.69, 9.17) is 0 Å².